The number of ether oxygens (including phenoxy) is 1. The van der Waals surface area contributed by atoms with Crippen LogP contribution in [0, 0.1) is 0 Å². The summed E-state index contributed by atoms with van der Waals surface area (Å²) in [5, 5.41) is 9.26. The van der Waals surface area contributed by atoms with Crippen molar-refractivity contribution in [3.05, 3.63) is 0 Å². The van der Waals surface area contributed by atoms with Crippen LogP contribution >= 0.6 is 0 Å². The van der Waals surface area contributed by atoms with Crippen molar-refractivity contribution >= 4 is 0 Å². The molecule has 0 bridgehead atoms. The number of hydrogen-bond donors (Lipinski definition) is 2. The second-order valence-corrected chi connectivity index (χ2v) is 4.14. The van der Waals surface area contributed by atoms with Gasteiger partial charge in [-0.1, -0.05) is 0 Å². The molecule has 3 N–H and O–H groups in total. The topological polar surface area (TPSA) is 58.7 Å². The Labute approximate surface area is 86.0 Å². The first-order chi connectivity index (χ1) is 6.65. The molecule has 84 valence electrons. The molecule has 0 amide bonds. The molecule has 4 nitrogen and oxygen atoms in total. The Bertz CT molecular complexity index is 164. The van der Waals surface area contributed by atoms with Crippen LogP contribution in [0.1, 0.15) is 20.3 Å². The van der Waals surface area contributed by atoms with Gasteiger partial charge in [-0.05, 0) is 20.3 Å². The Morgan fingerprint density at radius 1 is 1.64 bits per heavy atom. The lowest BCUT2D eigenvalue weighted by atomic mass is 10.1. The molecule has 0 saturated carbocycles. The molecule has 3 atom stereocenters. The average molecular weight is 202 g/mol. The molecule has 1 fully saturated rings. The second kappa shape index (κ2) is 5.66. The number of rotatable bonds is 3. The van der Waals surface area contributed by atoms with E-state index in [2.05, 4.69) is 11.8 Å². The molecular weight excluding hydrogens is 180 g/mol. The van der Waals surface area contributed by atoms with Crippen molar-refractivity contribution in [1.82, 2.24) is 4.90 Å². The molecule has 0 spiro atoms. The SMILES string of the molecule is CC1CN(C(CO)C(C)N)CCCO1. The van der Waals surface area contributed by atoms with E-state index in [0.717, 1.165) is 26.1 Å². The lowest BCUT2D eigenvalue weighted by molar-refractivity contribution is 0.0482. The molecular formula is C10H22N2O2. The van der Waals surface area contributed by atoms with Gasteiger partial charge in [-0.25, -0.2) is 0 Å². The van der Waals surface area contributed by atoms with Crippen molar-refractivity contribution in [3.63, 3.8) is 0 Å². The van der Waals surface area contributed by atoms with Crippen LogP contribution in [0.5, 0.6) is 0 Å². The summed E-state index contributed by atoms with van der Waals surface area (Å²) in [7, 11) is 0. The van der Waals surface area contributed by atoms with Gasteiger partial charge in [0.05, 0.1) is 12.7 Å². The largest absolute Gasteiger partial charge is 0.395 e. The molecule has 1 saturated heterocycles. The van der Waals surface area contributed by atoms with Gasteiger partial charge >= 0.3 is 0 Å². The second-order valence-electron chi connectivity index (χ2n) is 4.14. The van der Waals surface area contributed by atoms with Crippen LogP contribution in [-0.4, -0.2) is 54.5 Å². The van der Waals surface area contributed by atoms with Crippen molar-refractivity contribution in [2.45, 2.75) is 38.5 Å². The normalized spacial score (nSPS) is 29.6. The summed E-state index contributed by atoms with van der Waals surface area (Å²) in [5.41, 5.74) is 5.83. The molecule has 3 unspecified atom stereocenters. The zero-order valence-electron chi connectivity index (χ0n) is 9.15. The van der Waals surface area contributed by atoms with Crippen molar-refractivity contribution in [3.8, 4) is 0 Å². The van der Waals surface area contributed by atoms with E-state index < -0.39 is 0 Å². The van der Waals surface area contributed by atoms with E-state index in [1.807, 2.05) is 6.92 Å². The molecule has 0 aromatic heterocycles. The molecule has 14 heavy (non-hydrogen) atoms. The summed E-state index contributed by atoms with van der Waals surface area (Å²) in [6.07, 6.45) is 1.26. The van der Waals surface area contributed by atoms with E-state index in [-0.39, 0.29) is 24.8 Å². The summed E-state index contributed by atoms with van der Waals surface area (Å²) >= 11 is 0. The number of nitrogens with zero attached hydrogens (tertiary/aromatic N) is 1. The minimum absolute atomic E-state index is 0.00491. The molecule has 0 aromatic carbocycles. The van der Waals surface area contributed by atoms with Crippen LogP contribution in [0.15, 0.2) is 0 Å². The first-order valence-corrected chi connectivity index (χ1v) is 5.37. The predicted octanol–water partition coefficient (Wildman–Crippen LogP) is -0.195. The predicted molar refractivity (Wildman–Crippen MR) is 56.1 cm³/mol. The van der Waals surface area contributed by atoms with Crippen LogP contribution < -0.4 is 5.73 Å². The van der Waals surface area contributed by atoms with Crippen molar-refractivity contribution in [2.24, 2.45) is 5.73 Å². The highest BCUT2D eigenvalue weighted by Gasteiger charge is 2.24. The third-order valence-electron chi connectivity index (χ3n) is 2.75. The number of aliphatic hydroxyl groups excluding tert-OH is 1. The zero-order chi connectivity index (χ0) is 10.6. The Balaban J connectivity index is 2.54. The maximum absolute atomic E-state index is 9.26. The molecule has 0 radical (unpaired) electrons. The molecule has 1 rings (SSSR count). The maximum Gasteiger partial charge on any atom is 0.0674 e. The Morgan fingerprint density at radius 2 is 2.36 bits per heavy atom. The fourth-order valence-corrected chi connectivity index (χ4v) is 1.94. The summed E-state index contributed by atoms with van der Waals surface area (Å²) in [6, 6.07) is 0.0736. The quantitative estimate of drug-likeness (QED) is 0.666. The van der Waals surface area contributed by atoms with Gasteiger partial charge in [-0.2, -0.15) is 0 Å². The van der Waals surface area contributed by atoms with Crippen LogP contribution in [0.3, 0.4) is 0 Å². The van der Waals surface area contributed by atoms with Gasteiger partial charge in [-0.3, -0.25) is 4.90 Å². The van der Waals surface area contributed by atoms with Gasteiger partial charge in [-0.15, -0.1) is 0 Å². The zero-order valence-corrected chi connectivity index (χ0v) is 9.15. The van der Waals surface area contributed by atoms with Crippen molar-refractivity contribution in [1.29, 1.82) is 0 Å². The lowest BCUT2D eigenvalue weighted by Crippen LogP contribution is -2.50. The standard InChI is InChI=1S/C10H22N2O2/c1-8-6-12(4-3-5-14-8)10(7-13)9(2)11/h8-10,13H,3-7,11H2,1-2H3. The van der Waals surface area contributed by atoms with E-state index in [1.54, 1.807) is 0 Å². The first kappa shape index (κ1) is 11.9. The molecule has 1 aliphatic heterocycles. The lowest BCUT2D eigenvalue weighted by Gasteiger charge is -2.32. The number of nitrogens with two attached hydrogens (primary N) is 1. The van der Waals surface area contributed by atoms with E-state index >= 15 is 0 Å². The average Bonchev–Trinajstić information content (AvgIpc) is 2.31. The van der Waals surface area contributed by atoms with Gasteiger partial charge < -0.3 is 15.6 Å². The van der Waals surface area contributed by atoms with Gasteiger partial charge in [0, 0.05) is 31.8 Å². The minimum Gasteiger partial charge on any atom is -0.395 e. The summed E-state index contributed by atoms with van der Waals surface area (Å²) in [5.74, 6) is 0. The number of aliphatic hydroxyl groups is 1. The summed E-state index contributed by atoms with van der Waals surface area (Å²) in [4.78, 5) is 2.24. The van der Waals surface area contributed by atoms with Crippen LogP contribution in [0.25, 0.3) is 0 Å². The Hall–Kier alpha value is -0.160. The highest BCUT2D eigenvalue weighted by molar-refractivity contribution is 4.81. The Morgan fingerprint density at radius 3 is 2.93 bits per heavy atom. The molecule has 0 aromatic rings. The van der Waals surface area contributed by atoms with Crippen molar-refractivity contribution < 1.29 is 9.84 Å². The van der Waals surface area contributed by atoms with Crippen LogP contribution in [-0.2, 0) is 4.74 Å². The van der Waals surface area contributed by atoms with Gasteiger partial charge in [0.1, 0.15) is 0 Å². The van der Waals surface area contributed by atoms with Gasteiger partial charge in [0.2, 0.25) is 0 Å². The van der Waals surface area contributed by atoms with Crippen molar-refractivity contribution in [2.75, 3.05) is 26.3 Å². The molecule has 0 aliphatic carbocycles. The fraction of sp³-hybridized carbons (Fsp3) is 1.00. The highest BCUT2D eigenvalue weighted by Crippen LogP contribution is 2.10. The summed E-state index contributed by atoms with van der Waals surface area (Å²) in [6.45, 7) is 6.79. The van der Waals surface area contributed by atoms with E-state index in [9.17, 15) is 5.11 Å². The van der Waals surface area contributed by atoms with Crippen LogP contribution in [0.4, 0.5) is 0 Å². The van der Waals surface area contributed by atoms with E-state index in [4.69, 9.17) is 10.5 Å². The van der Waals surface area contributed by atoms with Gasteiger partial charge in [0.15, 0.2) is 0 Å². The fourth-order valence-electron chi connectivity index (χ4n) is 1.94. The monoisotopic (exact) mass is 202 g/mol. The third-order valence-corrected chi connectivity index (χ3v) is 2.75. The smallest absolute Gasteiger partial charge is 0.0674 e. The number of hydrogen-bond acceptors (Lipinski definition) is 4. The van der Waals surface area contributed by atoms with Gasteiger partial charge in [0.25, 0.3) is 0 Å². The summed E-state index contributed by atoms with van der Waals surface area (Å²) < 4.78 is 5.54. The molecule has 1 heterocycles. The van der Waals surface area contributed by atoms with E-state index in [0.29, 0.717) is 0 Å². The first-order valence-electron chi connectivity index (χ1n) is 5.37. The minimum atomic E-state index is 0.00491. The molecule has 1 aliphatic rings. The Kier molecular flexibility index (Phi) is 4.81. The maximum atomic E-state index is 9.26. The highest BCUT2D eigenvalue weighted by atomic mass is 16.5. The third kappa shape index (κ3) is 3.20. The van der Waals surface area contributed by atoms with Crippen LogP contribution in [0.2, 0.25) is 0 Å². The molecule has 4 heteroatoms. The van der Waals surface area contributed by atoms with E-state index in [1.165, 1.54) is 0 Å².